The predicted octanol–water partition coefficient (Wildman–Crippen LogP) is 3.70. The van der Waals surface area contributed by atoms with Gasteiger partial charge in [0.2, 0.25) is 0 Å². The van der Waals surface area contributed by atoms with Crippen LogP contribution in [0.25, 0.3) is 0 Å². The van der Waals surface area contributed by atoms with E-state index in [0.29, 0.717) is 12.0 Å². The molecule has 1 aromatic carbocycles. The molecular weight excluding hydrogens is 213 g/mol. The molecule has 0 saturated heterocycles. The predicted molar refractivity (Wildman–Crippen MR) is 71.8 cm³/mol. The van der Waals surface area contributed by atoms with Crippen LogP contribution in [-0.4, -0.2) is 12.6 Å². The number of hydrogen-bond acceptors (Lipinski definition) is 1. The van der Waals surface area contributed by atoms with Crippen molar-refractivity contribution in [2.75, 3.05) is 6.54 Å². The Morgan fingerprint density at radius 3 is 2.53 bits per heavy atom. The summed E-state index contributed by atoms with van der Waals surface area (Å²) in [5, 5.41) is 3.47. The van der Waals surface area contributed by atoms with Gasteiger partial charge in [-0.3, -0.25) is 0 Å². The minimum absolute atomic E-state index is 0.139. The third-order valence-corrected chi connectivity index (χ3v) is 3.21. The third-order valence-electron chi connectivity index (χ3n) is 3.21. The van der Waals surface area contributed by atoms with Crippen LogP contribution in [0.1, 0.15) is 38.3 Å². The van der Waals surface area contributed by atoms with Gasteiger partial charge in [-0.05, 0) is 49.1 Å². The molecule has 0 saturated carbocycles. The van der Waals surface area contributed by atoms with Crippen LogP contribution < -0.4 is 5.32 Å². The zero-order chi connectivity index (χ0) is 12.8. The van der Waals surface area contributed by atoms with E-state index in [1.165, 1.54) is 5.56 Å². The summed E-state index contributed by atoms with van der Waals surface area (Å²) in [6.45, 7) is 9.56. The lowest BCUT2D eigenvalue weighted by molar-refractivity contribution is 0.435. The van der Waals surface area contributed by atoms with Crippen molar-refractivity contribution in [3.8, 4) is 0 Å². The maximum Gasteiger partial charge on any atom is 0.123 e. The number of rotatable bonds is 6. The lowest BCUT2D eigenvalue weighted by Crippen LogP contribution is -2.29. The van der Waals surface area contributed by atoms with E-state index in [4.69, 9.17) is 0 Å². The van der Waals surface area contributed by atoms with Gasteiger partial charge in [0, 0.05) is 6.04 Å². The fraction of sp³-hybridized carbons (Fsp3) is 0.600. The molecule has 0 radical (unpaired) electrons. The van der Waals surface area contributed by atoms with Gasteiger partial charge in [-0.15, -0.1) is 0 Å². The van der Waals surface area contributed by atoms with Crippen molar-refractivity contribution in [3.05, 3.63) is 35.1 Å². The van der Waals surface area contributed by atoms with Crippen molar-refractivity contribution in [3.63, 3.8) is 0 Å². The fourth-order valence-electron chi connectivity index (χ4n) is 1.96. The van der Waals surface area contributed by atoms with Gasteiger partial charge in [-0.1, -0.05) is 33.3 Å². The van der Waals surface area contributed by atoms with Crippen LogP contribution in [0.2, 0.25) is 0 Å². The maximum atomic E-state index is 13.0. The summed E-state index contributed by atoms with van der Waals surface area (Å²) in [6, 6.07) is 5.63. The Morgan fingerprint density at radius 1 is 1.29 bits per heavy atom. The van der Waals surface area contributed by atoms with E-state index < -0.39 is 0 Å². The Balaban J connectivity index is 2.60. The van der Waals surface area contributed by atoms with Gasteiger partial charge in [0.25, 0.3) is 0 Å². The Morgan fingerprint density at radius 2 is 2.00 bits per heavy atom. The van der Waals surface area contributed by atoms with E-state index >= 15 is 0 Å². The minimum Gasteiger partial charge on any atom is -0.314 e. The second-order valence-electron chi connectivity index (χ2n) is 5.11. The van der Waals surface area contributed by atoms with E-state index in [0.717, 1.165) is 24.9 Å². The Kier molecular flexibility index (Phi) is 5.63. The van der Waals surface area contributed by atoms with E-state index in [1.54, 1.807) is 12.1 Å². The van der Waals surface area contributed by atoms with Crippen molar-refractivity contribution < 1.29 is 4.39 Å². The maximum absolute atomic E-state index is 13.0. The number of halogens is 1. The molecule has 1 nitrogen and oxygen atoms in total. The molecule has 2 heteroatoms. The molecule has 1 N–H and O–H groups in total. The zero-order valence-corrected chi connectivity index (χ0v) is 11.4. The highest BCUT2D eigenvalue weighted by Crippen LogP contribution is 2.16. The summed E-state index contributed by atoms with van der Waals surface area (Å²) in [6.07, 6.45) is 2.18. The monoisotopic (exact) mass is 237 g/mol. The average molecular weight is 237 g/mol. The Bertz CT molecular complexity index is 347. The summed E-state index contributed by atoms with van der Waals surface area (Å²) < 4.78 is 13.0. The molecule has 0 fully saturated rings. The first-order valence-electron chi connectivity index (χ1n) is 6.51. The third kappa shape index (κ3) is 4.86. The molecule has 0 bridgehead atoms. The number of aryl methyl sites for hydroxylation is 1. The Labute approximate surface area is 104 Å². The largest absolute Gasteiger partial charge is 0.314 e. The molecule has 1 atom stereocenters. The molecular formula is C15H24FN. The van der Waals surface area contributed by atoms with Crippen LogP contribution in [-0.2, 0) is 6.42 Å². The first-order chi connectivity index (χ1) is 8.02. The second-order valence-corrected chi connectivity index (χ2v) is 5.11. The lowest BCUT2D eigenvalue weighted by atomic mass is 9.94. The molecule has 0 heterocycles. The molecule has 0 spiro atoms. The van der Waals surface area contributed by atoms with E-state index in [2.05, 4.69) is 26.1 Å². The first kappa shape index (κ1) is 14.2. The minimum atomic E-state index is -0.139. The zero-order valence-electron chi connectivity index (χ0n) is 11.4. The van der Waals surface area contributed by atoms with Gasteiger partial charge in [0.15, 0.2) is 0 Å². The van der Waals surface area contributed by atoms with Gasteiger partial charge < -0.3 is 5.32 Å². The van der Waals surface area contributed by atoms with Crippen LogP contribution in [0.5, 0.6) is 0 Å². The lowest BCUT2D eigenvalue weighted by Gasteiger charge is -2.18. The van der Waals surface area contributed by atoms with Crippen molar-refractivity contribution in [1.29, 1.82) is 0 Å². The van der Waals surface area contributed by atoms with Crippen molar-refractivity contribution in [2.24, 2.45) is 5.92 Å². The van der Waals surface area contributed by atoms with E-state index in [9.17, 15) is 4.39 Å². The number of nitrogens with one attached hydrogen (secondary N) is 1. The summed E-state index contributed by atoms with van der Waals surface area (Å²) >= 11 is 0. The normalized spacial score (nSPS) is 13.1. The molecule has 1 rings (SSSR count). The average Bonchev–Trinajstić information content (AvgIpc) is 2.26. The summed E-state index contributed by atoms with van der Waals surface area (Å²) in [5.41, 5.74) is 2.33. The molecule has 96 valence electrons. The highest BCUT2D eigenvalue weighted by atomic mass is 19.1. The summed E-state index contributed by atoms with van der Waals surface area (Å²) in [4.78, 5) is 0. The van der Waals surface area contributed by atoms with Crippen LogP contribution in [0, 0.1) is 18.7 Å². The SMILES string of the molecule is CCC(CNC(C)C)Cc1ccc(F)cc1C. The summed E-state index contributed by atoms with van der Waals surface area (Å²) in [5.74, 6) is 0.487. The molecule has 0 aliphatic carbocycles. The quantitative estimate of drug-likeness (QED) is 0.795. The molecule has 0 aliphatic rings. The first-order valence-corrected chi connectivity index (χ1v) is 6.51. The second kappa shape index (κ2) is 6.75. The number of benzene rings is 1. The highest BCUT2D eigenvalue weighted by Gasteiger charge is 2.10. The van der Waals surface area contributed by atoms with E-state index in [1.807, 2.05) is 13.0 Å². The fourth-order valence-corrected chi connectivity index (χ4v) is 1.96. The molecule has 0 aromatic heterocycles. The van der Waals surface area contributed by atoms with Crippen LogP contribution in [0.15, 0.2) is 18.2 Å². The van der Waals surface area contributed by atoms with Crippen molar-refractivity contribution in [2.45, 2.75) is 46.6 Å². The van der Waals surface area contributed by atoms with Crippen LogP contribution in [0.4, 0.5) is 4.39 Å². The van der Waals surface area contributed by atoms with Gasteiger partial charge in [-0.2, -0.15) is 0 Å². The molecule has 0 amide bonds. The molecule has 1 aromatic rings. The molecule has 17 heavy (non-hydrogen) atoms. The van der Waals surface area contributed by atoms with Crippen molar-refractivity contribution in [1.82, 2.24) is 5.32 Å². The van der Waals surface area contributed by atoms with Gasteiger partial charge in [-0.25, -0.2) is 4.39 Å². The molecule has 1 unspecified atom stereocenters. The van der Waals surface area contributed by atoms with Crippen LogP contribution >= 0.6 is 0 Å². The van der Waals surface area contributed by atoms with Gasteiger partial charge in [0.05, 0.1) is 0 Å². The Hall–Kier alpha value is -0.890. The summed E-state index contributed by atoms with van der Waals surface area (Å²) in [7, 11) is 0. The topological polar surface area (TPSA) is 12.0 Å². The van der Waals surface area contributed by atoms with E-state index in [-0.39, 0.29) is 5.82 Å². The van der Waals surface area contributed by atoms with Crippen LogP contribution in [0.3, 0.4) is 0 Å². The standard InChI is InChI=1S/C15H24FN/c1-5-13(10-17-11(2)3)9-14-6-7-15(16)8-12(14)4/h6-8,11,13,17H,5,9-10H2,1-4H3. The number of hydrogen-bond donors (Lipinski definition) is 1. The highest BCUT2D eigenvalue weighted by molar-refractivity contribution is 5.26. The van der Waals surface area contributed by atoms with Gasteiger partial charge in [0.1, 0.15) is 5.82 Å². The molecule has 0 aliphatic heterocycles. The smallest absolute Gasteiger partial charge is 0.123 e. The van der Waals surface area contributed by atoms with Gasteiger partial charge >= 0.3 is 0 Å². The van der Waals surface area contributed by atoms with Crippen molar-refractivity contribution >= 4 is 0 Å².